The Hall–Kier alpha value is -4.92. The number of esters is 1. The number of hydrogen-bond acceptors (Lipinski definition) is 6. The lowest BCUT2D eigenvalue weighted by atomic mass is 10.1. The number of aromatic nitrogens is 1. The molecule has 9 heteroatoms. The summed E-state index contributed by atoms with van der Waals surface area (Å²) in [5.74, 6) is -0.984. The van der Waals surface area contributed by atoms with Crippen LogP contribution in [0.3, 0.4) is 0 Å². The molecule has 3 aromatic carbocycles. The number of aromatic amines is 1. The van der Waals surface area contributed by atoms with E-state index in [0.29, 0.717) is 33.6 Å². The van der Waals surface area contributed by atoms with E-state index in [0.717, 1.165) is 6.07 Å². The molecule has 0 aliphatic heterocycles. The summed E-state index contributed by atoms with van der Waals surface area (Å²) in [6.45, 7) is -0.542. The van der Waals surface area contributed by atoms with Crippen LogP contribution in [0.25, 0.3) is 10.9 Å². The number of fused-ring (bicyclic) bond motifs is 1. The third-order valence-corrected chi connectivity index (χ3v) is 5.08. The van der Waals surface area contributed by atoms with Gasteiger partial charge >= 0.3 is 5.97 Å². The Kier molecular flexibility index (Phi) is 6.87. The predicted octanol–water partition coefficient (Wildman–Crippen LogP) is 3.58. The molecule has 0 unspecified atom stereocenters. The van der Waals surface area contributed by atoms with Gasteiger partial charge in [0.05, 0.1) is 12.7 Å². The largest absolute Gasteiger partial charge is 0.497 e. The van der Waals surface area contributed by atoms with Gasteiger partial charge in [-0.2, -0.15) is 0 Å². The van der Waals surface area contributed by atoms with Gasteiger partial charge in [0.1, 0.15) is 5.75 Å². The molecule has 0 fully saturated rings. The number of amides is 2. The van der Waals surface area contributed by atoms with Gasteiger partial charge in [-0.25, -0.2) is 4.79 Å². The van der Waals surface area contributed by atoms with E-state index in [-0.39, 0.29) is 11.5 Å². The van der Waals surface area contributed by atoms with Crippen LogP contribution in [0.1, 0.15) is 20.7 Å². The first-order valence-corrected chi connectivity index (χ1v) is 10.6. The van der Waals surface area contributed by atoms with E-state index in [1.54, 1.807) is 79.9 Å². The average molecular weight is 471 g/mol. The molecule has 4 aromatic rings. The molecular formula is C26H21N3O6. The second-order valence-corrected chi connectivity index (χ2v) is 7.48. The molecule has 0 spiro atoms. The topological polar surface area (TPSA) is 127 Å². The van der Waals surface area contributed by atoms with Crippen LogP contribution in [-0.4, -0.2) is 36.5 Å². The second-order valence-electron chi connectivity index (χ2n) is 7.48. The van der Waals surface area contributed by atoms with Crippen molar-refractivity contribution >= 4 is 40.1 Å². The van der Waals surface area contributed by atoms with Gasteiger partial charge in [0.2, 0.25) is 5.56 Å². The van der Waals surface area contributed by atoms with Gasteiger partial charge in [0.15, 0.2) is 6.61 Å². The number of benzene rings is 3. The summed E-state index contributed by atoms with van der Waals surface area (Å²) in [5, 5.41) is 5.88. The minimum absolute atomic E-state index is 0.0735. The van der Waals surface area contributed by atoms with E-state index >= 15 is 0 Å². The minimum atomic E-state index is -0.784. The summed E-state index contributed by atoms with van der Waals surface area (Å²) in [4.78, 5) is 51.6. The molecule has 9 nitrogen and oxygen atoms in total. The highest BCUT2D eigenvalue weighted by Crippen LogP contribution is 2.18. The Bertz CT molecular complexity index is 1440. The van der Waals surface area contributed by atoms with E-state index < -0.39 is 24.0 Å². The highest BCUT2D eigenvalue weighted by molar-refractivity contribution is 6.05. The van der Waals surface area contributed by atoms with Crippen molar-refractivity contribution in [3.63, 3.8) is 0 Å². The van der Waals surface area contributed by atoms with Crippen LogP contribution < -0.4 is 20.9 Å². The van der Waals surface area contributed by atoms with Gasteiger partial charge < -0.3 is 25.1 Å². The van der Waals surface area contributed by atoms with Crippen LogP contribution in [0, 0.1) is 0 Å². The maximum absolute atomic E-state index is 12.5. The first-order valence-electron chi connectivity index (χ1n) is 10.6. The number of anilines is 2. The molecule has 2 amide bonds. The normalized spacial score (nSPS) is 10.4. The zero-order chi connectivity index (χ0) is 24.8. The van der Waals surface area contributed by atoms with Gasteiger partial charge in [-0.15, -0.1) is 0 Å². The van der Waals surface area contributed by atoms with E-state index in [1.807, 2.05) is 0 Å². The van der Waals surface area contributed by atoms with Crippen LogP contribution in [0.15, 0.2) is 83.7 Å². The Labute approximate surface area is 199 Å². The fourth-order valence-corrected chi connectivity index (χ4v) is 3.36. The van der Waals surface area contributed by atoms with Crippen molar-refractivity contribution in [2.45, 2.75) is 0 Å². The molecule has 0 aliphatic rings. The molecule has 1 aromatic heterocycles. The maximum Gasteiger partial charge on any atom is 0.339 e. The molecule has 35 heavy (non-hydrogen) atoms. The van der Waals surface area contributed by atoms with Crippen molar-refractivity contribution in [3.05, 3.63) is 100 Å². The van der Waals surface area contributed by atoms with Crippen molar-refractivity contribution in [1.82, 2.24) is 4.98 Å². The zero-order valence-electron chi connectivity index (χ0n) is 18.7. The smallest absolute Gasteiger partial charge is 0.339 e. The van der Waals surface area contributed by atoms with Gasteiger partial charge in [-0.05, 0) is 54.6 Å². The Morgan fingerprint density at radius 3 is 2.23 bits per heavy atom. The van der Waals surface area contributed by atoms with Gasteiger partial charge in [0, 0.05) is 33.9 Å². The summed E-state index contributed by atoms with van der Waals surface area (Å²) in [6, 6.07) is 21.1. The monoisotopic (exact) mass is 471 g/mol. The van der Waals surface area contributed by atoms with Crippen LogP contribution in [0.4, 0.5) is 11.4 Å². The van der Waals surface area contributed by atoms with E-state index in [2.05, 4.69) is 15.6 Å². The van der Waals surface area contributed by atoms with E-state index in [4.69, 9.17) is 9.47 Å². The van der Waals surface area contributed by atoms with Crippen LogP contribution in [0.2, 0.25) is 0 Å². The number of rotatable bonds is 7. The number of carbonyl (C=O) groups excluding carboxylic acids is 3. The van der Waals surface area contributed by atoms with Crippen molar-refractivity contribution in [3.8, 4) is 5.75 Å². The summed E-state index contributed by atoms with van der Waals surface area (Å²) in [7, 11) is 1.56. The lowest BCUT2D eigenvalue weighted by molar-refractivity contribution is -0.119. The summed E-state index contributed by atoms with van der Waals surface area (Å²) in [6.07, 6.45) is 0. The van der Waals surface area contributed by atoms with Crippen molar-refractivity contribution < 1.29 is 23.9 Å². The SMILES string of the molecule is COc1ccc(NC(=O)c2ccc(NC(=O)COC(=O)c3cc(=O)[nH]c4ccccc34)cc2)cc1. The Morgan fingerprint density at radius 2 is 1.51 bits per heavy atom. The van der Waals surface area contributed by atoms with Crippen molar-refractivity contribution in [2.75, 3.05) is 24.4 Å². The highest BCUT2D eigenvalue weighted by Gasteiger charge is 2.15. The molecule has 0 saturated carbocycles. The van der Waals surface area contributed by atoms with Gasteiger partial charge in [-0.1, -0.05) is 18.2 Å². The third-order valence-electron chi connectivity index (χ3n) is 5.08. The number of ether oxygens (including phenoxy) is 2. The number of methoxy groups -OCH3 is 1. The van der Waals surface area contributed by atoms with Crippen molar-refractivity contribution in [2.24, 2.45) is 0 Å². The summed E-state index contributed by atoms with van der Waals surface area (Å²) < 4.78 is 10.2. The van der Waals surface area contributed by atoms with Crippen LogP contribution in [0.5, 0.6) is 5.75 Å². The lowest BCUT2D eigenvalue weighted by Crippen LogP contribution is -2.22. The second kappa shape index (κ2) is 10.3. The maximum atomic E-state index is 12.5. The number of pyridine rings is 1. The Balaban J connectivity index is 1.33. The van der Waals surface area contributed by atoms with Crippen LogP contribution >= 0.6 is 0 Å². The number of carbonyl (C=O) groups is 3. The third kappa shape index (κ3) is 5.72. The first kappa shape index (κ1) is 23.2. The highest BCUT2D eigenvalue weighted by atomic mass is 16.5. The molecule has 0 atom stereocenters. The van der Waals surface area contributed by atoms with Gasteiger partial charge in [0.25, 0.3) is 11.8 Å². The zero-order valence-corrected chi connectivity index (χ0v) is 18.7. The lowest BCUT2D eigenvalue weighted by Gasteiger charge is -2.09. The van der Waals surface area contributed by atoms with E-state index in [1.165, 1.54) is 0 Å². The first-order chi connectivity index (χ1) is 16.9. The standard InChI is InChI=1S/C26H21N3O6/c1-34-19-12-10-18(11-13-19)28-25(32)16-6-8-17(9-7-16)27-24(31)15-35-26(33)21-14-23(30)29-22-5-3-2-4-20(21)22/h2-14H,15H2,1H3,(H,27,31)(H,28,32)(H,29,30). The molecule has 0 saturated heterocycles. The number of para-hydroxylation sites is 1. The summed E-state index contributed by atoms with van der Waals surface area (Å²) >= 11 is 0. The molecular weight excluding hydrogens is 450 g/mol. The molecule has 3 N–H and O–H groups in total. The molecule has 4 rings (SSSR count). The summed E-state index contributed by atoms with van der Waals surface area (Å²) in [5.41, 5.74) is 1.55. The average Bonchev–Trinajstić information content (AvgIpc) is 2.87. The molecule has 0 bridgehead atoms. The number of H-pyrrole nitrogens is 1. The number of hydrogen-bond donors (Lipinski definition) is 3. The van der Waals surface area contributed by atoms with Gasteiger partial charge in [-0.3, -0.25) is 14.4 Å². The molecule has 0 radical (unpaired) electrons. The molecule has 1 heterocycles. The fourth-order valence-electron chi connectivity index (χ4n) is 3.36. The quantitative estimate of drug-likeness (QED) is 0.354. The minimum Gasteiger partial charge on any atom is -0.497 e. The molecule has 176 valence electrons. The van der Waals surface area contributed by atoms with Crippen LogP contribution in [-0.2, 0) is 9.53 Å². The van der Waals surface area contributed by atoms with Crippen molar-refractivity contribution in [1.29, 1.82) is 0 Å². The fraction of sp³-hybridized carbons (Fsp3) is 0.0769. The number of nitrogens with one attached hydrogen (secondary N) is 3. The molecule has 0 aliphatic carbocycles. The Morgan fingerprint density at radius 1 is 0.857 bits per heavy atom. The predicted molar refractivity (Wildman–Crippen MR) is 131 cm³/mol. The van der Waals surface area contributed by atoms with E-state index in [9.17, 15) is 19.2 Å².